The Morgan fingerprint density at radius 2 is 1.02 bits per heavy atom. The maximum absolute atomic E-state index is 6.80. The summed E-state index contributed by atoms with van der Waals surface area (Å²) in [7, 11) is 0. The Kier molecular flexibility index (Phi) is 7.53. The molecule has 7 aromatic carbocycles. The zero-order valence-electron chi connectivity index (χ0n) is 34.7. The van der Waals surface area contributed by atoms with Crippen molar-refractivity contribution in [1.29, 1.82) is 0 Å². The summed E-state index contributed by atoms with van der Waals surface area (Å²) in [5.41, 5.74) is 19.3. The number of furan rings is 1. The molecular weight excluding hydrogens is 691 g/mol. The topological polar surface area (TPSA) is 16.4 Å². The summed E-state index contributed by atoms with van der Waals surface area (Å²) in [4.78, 5) is 2.47. The zero-order chi connectivity index (χ0) is 39.6. The first-order valence-corrected chi connectivity index (χ1v) is 20.5. The normalized spacial score (nSPS) is 15.0. The first-order valence-electron chi connectivity index (χ1n) is 20.5. The van der Waals surface area contributed by atoms with Gasteiger partial charge in [-0.05, 0) is 122 Å². The predicted octanol–water partition coefficient (Wildman–Crippen LogP) is 15.3. The molecule has 1 aromatic heterocycles. The van der Waals surface area contributed by atoms with Gasteiger partial charge in [-0.1, -0.05) is 152 Å². The molecule has 2 aliphatic rings. The third-order valence-corrected chi connectivity index (χ3v) is 13.2. The van der Waals surface area contributed by atoms with E-state index >= 15 is 0 Å². The molecule has 0 amide bonds. The quantitative estimate of drug-likeness (QED) is 0.179. The highest BCUT2D eigenvalue weighted by Crippen LogP contribution is 2.54. The van der Waals surface area contributed by atoms with E-state index < -0.39 is 0 Å². The molecule has 0 radical (unpaired) electrons. The van der Waals surface area contributed by atoms with E-state index in [-0.39, 0.29) is 21.7 Å². The average molecular weight is 742 g/mol. The lowest BCUT2D eigenvalue weighted by atomic mass is 9.74. The van der Waals surface area contributed by atoms with Crippen LogP contribution in [0.2, 0.25) is 0 Å². The second-order valence-electron chi connectivity index (χ2n) is 19.2. The molecule has 0 bridgehead atoms. The van der Waals surface area contributed by atoms with Crippen LogP contribution in [-0.4, -0.2) is 0 Å². The van der Waals surface area contributed by atoms with Crippen molar-refractivity contribution in [2.24, 2.45) is 0 Å². The molecular formula is C55H51NO. The van der Waals surface area contributed by atoms with Crippen molar-refractivity contribution in [2.45, 2.75) is 84.0 Å². The van der Waals surface area contributed by atoms with Crippen LogP contribution in [0.1, 0.15) is 101 Å². The Morgan fingerprint density at radius 1 is 0.456 bits per heavy atom. The van der Waals surface area contributed by atoms with Gasteiger partial charge in [0.05, 0.1) is 0 Å². The van der Waals surface area contributed by atoms with Crippen molar-refractivity contribution in [2.75, 3.05) is 4.90 Å². The van der Waals surface area contributed by atoms with Crippen LogP contribution in [0.4, 0.5) is 17.1 Å². The second-order valence-corrected chi connectivity index (χ2v) is 19.2. The number of nitrogens with zero attached hydrogens (tertiary/aromatic N) is 1. The van der Waals surface area contributed by atoms with E-state index in [1.54, 1.807) is 0 Å². The second kappa shape index (κ2) is 12.1. The maximum atomic E-state index is 6.80. The van der Waals surface area contributed by atoms with Gasteiger partial charge in [0.1, 0.15) is 11.2 Å². The molecule has 0 aliphatic heterocycles. The van der Waals surface area contributed by atoms with Crippen LogP contribution in [0.3, 0.4) is 0 Å². The van der Waals surface area contributed by atoms with Crippen molar-refractivity contribution < 1.29 is 4.42 Å². The minimum absolute atomic E-state index is 0.00967. The lowest BCUT2D eigenvalue weighted by molar-refractivity contribution is 0.559. The molecule has 0 fully saturated rings. The fourth-order valence-corrected chi connectivity index (χ4v) is 9.99. The fraction of sp³-hybridized carbons (Fsp3) is 0.236. The number of fused-ring (bicyclic) bond motifs is 9. The lowest BCUT2D eigenvalue weighted by Crippen LogP contribution is -2.23. The molecule has 2 aliphatic carbocycles. The summed E-state index contributed by atoms with van der Waals surface area (Å²) in [5, 5.41) is 2.31. The highest BCUT2D eigenvalue weighted by atomic mass is 16.3. The molecule has 0 spiro atoms. The summed E-state index contributed by atoms with van der Waals surface area (Å²) >= 11 is 0. The Bertz CT molecular complexity index is 2880. The molecule has 0 N–H and O–H groups in total. The van der Waals surface area contributed by atoms with Crippen LogP contribution >= 0.6 is 0 Å². The highest BCUT2D eigenvalue weighted by Gasteiger charge is 2.41. The van der Waals surface area contributed by atoms with E-state index in [2.05, 4.69) is 213 Å². The summed E-state index contributed by atoms with van der Waals surface area (Å²) in [6.45, 7) is 20.9. The number of anilines is 3. The van der Waals surface area contributed by atoms with Gasteiger partial charge in [-0.3, -0.25) is 0 Å². The van der Waals surface area contributed by atoms with Gasteiger partial charge >= 0.3 is 0 Å². The lowest BCUT2D eigenvalue weighted by Gasteiger charge is -2.32. The van der Waals surface area contributed by atoms with Gasteiger partial charge in [0.2, 0.25) is 0 Å². The smallest absolute Gasteiger partial charge is 0.139 e. The van der Waals surface area contributed by atoms with Crippen LogP contribution in [0.25, 0.3) is 44.2 Å². The zero-order valence-corrected chi connectivity index (χ0v) is 34.7. The van der Waals surface area contributed by atoms with Gasteiger partial charge in [-0.25, -0.2) is 0 Å². The van der Waals surface area contributed by atoms with Crippen molar-refractivity contribution in [3.8, 4) is 22.3 Å². The summed E-state index contributed by atoms with van der Waals surface area (Å²) in [5.74, 6) is 0. The Hall–Kier alpha value is -5.86. The SMILES string of the molecule is CC(C)(C)c1cc(C(C)(C)C)c2oc3ccc(N(c4cccc(C5(C)c6ccccc6-c6ccccc65)c4)c4ccc5c(c4)C(C)(C)c4ccccc4-5)cc3c2c1. The minimum atomic E-state index is -0.312. The third-order valence-electron chi connectivity index (χ3n) is 13.2. The molecule has 282 valence electrons. The van der Waals surface area contributed by atoms with Crippen molar-refractivity contribution in [3.63, 3.8) is 0 Å². The molecule has 0 saturated carbocycles. The van der Waals surface area contributed by atoms with E-state index in [0.717, 1.165) is 33.6 Å². The number of benzene rings is 7. The first-order chi connectivity index (χ1) is 27.2. The third kappa shape index (κ3) is 5.22. The minimum Gasteiger partial charge on any atom is -0.456 e. The van der Waals surface area contributed by atoms with Crippen LogP contribution in [-0.2, 0) is 21.7 Å². The standard InChI is InChI=1S/C55H51NO/c1-52(2,3)35-30-44-43-32-37(26-28-50(43)57-51(44)49(31-35)53(4,5)6)56(38-25-27-42-39-19-10-13-22-45(39)54(7,8)48(42)33-38)36-18-16-17-34(29-36)55(9)46-23-14-11-20-40(46)41-21-12-15-24-47(41)55/h10-33H,1-9H3. The summed E-state index contributed by atoms with van der Waals surface area (Å²) in [6, 6.07) is 54.7. The number of hydrogen-bond acceptors (Lipinski definition) is 2. The van der Waals surface area contributed by atoms with Gasteiger partial charge in [-0.2, -0.15) is 0 Å². The highest BCUT2D eigenvalue weighted by molar-refractivity contribution is 6.08. The van der Waals surface area contributed by atoms with Crippen molar-refractivity contribution in [1.82, 2.24) is 0 Å². The molecule has 10 rings (SSSR count). The van der Waals surface area contributed by atoms with E-state index in [0.29, 0.717) is 0 Å². The van der Waals surface area contributed by atoms with Gasteiger partial charge < -0.3 is 9.32 Å². The molecule has 2 heteroatoms. The summed E-state index contributed by atoms with van der Waals surface area (Å²) < 4.78 is 6.80. The molecule has 8 aromatic rings. The van der Waals surface area contributed by atoms with Crippen molar-refractivity contribution in [3.05, 3.63) is 185 Å². The monoisotopic (exact) mass is 741 g/mol. The van der Waals surface area contributed by atoms with E-state index in [4.69, 9.17) is 4.42 Å². The van der Waals surface area contributed by atoms with Gasteiger partial charge in [0.25, 0.3) is 0 Å². The van der Waals surface area contributed by atoms with E-state index in [1.165, 1.54) is 66.6 Å². The van der Waals surface area contributed by atoms with E-state index in [1.807, 2.05) is 0 Å². The Labute approximate surface area is 337 Å². The molecule has 2 nitrogen and oxygen atoms in total. The van der Waals surface area contributed by atoms with Crippen LogP contribution in [0.5, 0.6) is 0 Å². The van der Waals surface area contributed by atoms with Gasteiger partial charge in [-0.15, -0.1) is 0 Å². The van der Waals surface area contributed by atoms with Crippen LogP contribution < -0.4 is 4.90 Å². The van der Waals surface area contributed by atoms with Crippen molar-refractivity contribution >= 4 is 39.0 Å². The molecule has 1 heterocycles. The molecule has 0 atom stereocenters. The fourth-order valence-electron chi connectivity index (χ4n) is 9.99. The predicted molar refractivity (Wildman–Crippen MR) is 241 cm³/mol. The maximum Gasteiger partial charge on any atom is 0.139 e. The van der Waals surface area contributed by atoms with Crippen LogP contribution in [0.15, 0.2) is 150 Å². The summed E-state index contributed by atoms with van der Waals surface area (Å²) in [6.07, 6.45) is 0. The number of rotatable bonds is 4. The molecule has 0 saturated heterocycles. The molecule has 57 heavy (non-hydrogen) atoms. The Morgan fingerprint density at radius 3 is 1.67 bits per heavy atom. The molecule has 0 unspecified atom stereocenters. The first kappa shape index (κ1) is 35.5. The van der Waals surface area contributed by atoms with E-state index in [9.17, 15) is 0 Å². The van der Waals surface area contributed by atoms with Crippen LogP contribution in [0, 0.1) is 0 Å². The van der Waals surface area contributed by atoms with Gasteiger partial charge in [0, 0.05) is 44.2 Å². The average Bonchev–Trinajstić information content (AvgIpc) is 3.78. The number of hydrogen-bond donors (Lipinski definition) is 0. The van der Waals surface area contributed by atoms with Gasteiger partial charge in [0.15, 0.2) is 0 Å². The largest absolute Gasteiger partial charge is 0.456 e. The Balaban J connectivity index is 1.21.